The zero-order chi connectivity index (χ0) is 16.9. The van der Waals surface area contributed by atoms with Crippen molar-refractivity contribution in [1.29, 1.82) is 0 Å². The highest BCUT2D eigenvalue weighted by Crippen LogP contribution is 2.17. The maximum atomic E-state index is 12.5. The standard InChI is InChI=1S/C18H26BrN3O2/c1-14(18(23)20-16-6-4-15(19)5-7-16)22-10-8-21(9-11-22)13-17-3-2-12-24-17/h4-7,14,17H,2-3,8-13H2,1H3,(H,20,23)/t14-,17-/m1/s1. The van der Waals surface area contributed by atoms with Crippen molar-refractivity contribution in [3.8, 4) is 0 Å². The van der Waals surface area contributed by atoms with Crippen LogP contribution in [-0.2, 0) is 9.53 Å². The molecule has 0 bridgehead atoms. The molecule has 0 unspecified atom stereocenters. The van der Waals surface area contributed by atoms with Gasteiger partial charge in [0.2, 0.25) is 5.91 Å². The summed E-state index contributed by atoms with van der Waals surface area (Å²) in [5, 5.41) is 3.00. The lowest BCUT2D eigenvalue weighted by Crippen LogP contribution is -2.53. The number of nitrogens with zero attached hydrogens (tertiary/aromatic N) is 2. The molecule has 1 aromatic carbocycles. The van der Waals surface area contributed by atoms with Gasteiger partial charge in [-0.2, -0.15) is 0 Å². The Morgan fingerprint density at radius 1 is 1.29 bits per heavy atom. The molecule has 3 rings (SSSR count). The minimum absolute atomic E-state index is 0.0601. The maximum absolute atomic E-state index is 12.5. The SMILES string of the molecule is C[C@H](C(=O)Nc1ccc(Br)cc1)N1CCN(C[C@H]2CCCO2)CC1. The van der Waals surface area contributed by atoms with E-state index in [2.05, 4.69) is 31.0 Å². The molecule has 2 atom stereocenters. The number of ether oxygens (including phenoxy) is 1. The van der Waals surface area contributed by atoms with Crippen LogP contribution in [0.1, 0.15) is 19.8 Å². The number of piperazine rings is 1. The van der Waals surface area contributed by atoms with Crippen molar-refractivity contribution in [3.05, 3.63) is 28.7 Å². The quantitative estimate of drug-likeness (QED) is 0.831. The summed E-state index contributed by atoms with van der Waals surface area (Å²) in [6.07, 6.45) is 2.79. The molecule has 0 spiro atoms. The van der Waals surface area contributed by atoms with E-state index in [9.17, 15) is 4.79 Å². The Kier molecular flexibility index (Phi) is 6.27. The molecule has 2 fully saturated rings. The highest BCUT2D eigenvalue weighted by atomic mass is 79.9. The highest BCUT2D eigenvalue weighted by molar-refractivity contribution is 9.10. The maximum Gasteiger partial charge on any atom is 0.241 e. The van der Waals surface area contributed by atoms with Gasteiger partial charge in [0, 0.05) is 49.5 Å². The van der Waals surface area contributed by atoms with Gasteiger partial charge in [0.25, 0.3) is 0 Å². The third kappa shape index (κ3) is 4.79. The molecule has 0 radical (unpaired) electrons. The Bertz CT molecular complexity index is 538. The van der Waals surface area contributed by atoms with Crippen LogP contribution in [0.15, 0.2) is 28.7 Å². The Morgan fingerprint density at radius 3 is 2.62 bits per heavy atom. The molecule has 2 aliphatic heterocycles. The number of nitrogens with one attached hydrogen (secondary N) is 1. The third-order valence-electron chi connectivity index (χ3n) is 4.93. The minimum atomic E-state index is -0.112. The topological polar surface area (TPSA) is 44.8 Å². The molecular formula is C18H26BrN3O2. The summed E-state index contributed by atoms with van der Waals surface area (Å²) in [5.41, 5.74) is 0.840. The van der Waals surface area contributed by atoms with E-state index in [4.69, 9.17) is 4.74 Å². The number of amides is 1. The molecule has 5 nitrogen and oxygen atoms in total. The number of hydrogen-bond acceptors (Lipinski definition) is 4. The molecule has 1 aromatic rings. The first-order chi connectivity index (χ1) is 11.6. The molecule has 0 aliphatic carbocycles. The van der Waals surface area contributed by atoms with Crippen molar-refractivity contribution in [2.75, 3.05) is 44.6 Å². The van der Waals surface area contributed by atoms with Gasteiger partial charge < -0.3 is 10.1 Å². The van der Waals surface area contributed by atoms with Gasteiger partial charge in [-0.15, -0.1) is 0 Å². The fourth-order valence-electron chi connectivity index (χ4n) is 3.36. The lowest BCUT2D eigenvalue weighted by atomic mass is 10.2. The predicted molar refractivity (Wildman–Crippen MR) is 99.2 cm³/mol. The normalized spacial score (nSPS) is 24.0. The van der Waals surface area contributed by atoms with Gasteiger partial charge >= 0.3 is 0 Å². The van der Waals surface area contributed by atoms with Crippen molar-refractivity contribution in [2.24, 2.45) is 0 Å². The summed E-state index contributed by atoms with van der Waals surface area (Å²) in [5.74, 6) is 0.0601. The molecular weight excluding hydrogens is 370 g/mol. The largest absolute Gasteiger partial charge is 0.377 e. The van der Waals surface area contributed by atoms with Crippen molar-refractivity contribution < 1.29 is 9.53 Å². The molecule has 1 N–H and O–H groups in total. The number of halogens is 1. The van der Waals surface area contributed by atoms with E-state index >= 15 is 0 Å². The zero-order valence-corrected chi connectivity index (χ0v) is 15.8. The summed E-state index contributed by atoms with van der Waals surface area (Å²) < 4.78 is 6.73. The van der Waals surface area contributed by atoms with Crippen LogP contribution in [0.5, 0.6) is 0 Å². The molecule has 132 valence electrons. The van der Waals surface area contributed by atoms with Crippen molar-refractivity contribution >= 4 is 27.5 Å². The highest BCUT2D eigenvalue weighted by Gasteiger charge is 2.27. The number of benzene rings is 1. The van der Waals surface area contributed by atoms with E-state index in [1.54, 1.807) is 0 Å². The van der Waals surface area contributed by atoms with Gasteiger partial charge in [-0.3, -0.25) is 14.6 Å². The van der Waals surface area contributed by atoms with E-state index in [1.165, 1.54) is 12.8 Å². The molecule has 0 saturated carbocycles. The van der Waals surface area contributed by atoms with Crippen molar-refractivity contribution in [3.63, 3.8) is 0 Å². The fourth-order valence-corrected chi connectivity index (χ4v) is 3.62. The Morgan fingerprint density at radius 2 is 2.00 bits per heavy atom. The first-order valence-corrected chi connectivity index (χ1v) is 9.55. The Hall–Kier alpha value is -0.950. The van der Waals surface area contributed by atoms with Crippen molar-refractivity contribution in [1.82, 2.24) is 9.80 Å². The molecule has 2 aliphatic rings. The van der Waals surface area contributed by atoms with Crippen LogP contribution in [0, 0.1) is 0 Å². The third-order valence-corrected chi connectivity index (χ3v) is 5.46. The summed E-state index contributed by atoms with van der Waals surface area (Å²) >= 11 is 3.41. The van der Waals surface area contributed by atoms with E-state index < -0.39 is 0 Å². The first-order valence-electron chi connectivity index (χ1n) is 8.76. The molecule has 2 heterocycles. The van der Waals surface area contributed by atoms with E-state index in [0.29, 0.717) is 6.10 Å². The number of rotatable bonds is 5. The van der Waals surface area contributed by atoms with Gasteiger partial charge in [-0.05, 0) is 44.0 Å². The van der Waals surface area contributed by atoms with Crippen LogP contribution >= 0.6 is 15.9 Å². The van der Waals surface area contributed by atoms with Crippen molar-refractivity contribution in [2.45, 2.75) is 31.9 Å². The summed E-state index contributed by atoms with van der Waals surface area (Å²) in [7, 11) is 0. The van der Waals surface area contributed by atoms with Crippen LogP contribution in [0.3, 0.4) is 0 Å². The second kappa shape index (κ2) is 8.43. The molecule has 2 saturated heterocycles. The fraction of sp³-hybridized carbons (Fsp3) is 0.611. The molecule has 24 heavy (non-hydrogen) atoms. The average molecular weight is 396 g/mol. The Balaban J connectivity index is 1.44. The van der Waals surface area contributed by atoms with E-state index in [-0.39, 0.29) is 11.9 Å². The van der Waals surface area contributed by atoms with Gasteiger partial charge in [-0.1, -0.05) is 15.9 Å². The molecule has 0 aromatic heterocycles. The van der Waals surface area contributed by atoms with Crippen LogP contribution in [-0.4, -0.2) is 67.2 Å². The van der Waals surface area contributed by atoms with Gasteiger partial charge in [0.1, 0.15) is 0 Å². The first kappa shape index (κ1) is 17.9. The Labute approximate surface area is 152 Å². The van der Waals surface area contributed by atoms with E-state index in [1.807, 2.05) is 31.2 Å². The number of hydrogen-bond donors (Lipinski definition) is 1. The average Bonchev–Trinajstić information content (AvgIpc) is 3.10. The summed E-state index contributed by atoms with van der Waals surface area (Å²) in [6.45, 7) is 7.82. The van der Waals surface area contributed by atoms with Gasteiger partial charge in [0.05, 0.1) is 12.1 Å². The second-order valence-electron chi connectivity index (χ2n) is 6.64. The number of anilines is 1. The van der Waals surface area contributed by atoms with Gasteiger partial charge in [-0.25, -0.2) is 0 Å². The molecule has 6 heteroatoms. The van der Waals surface area contributed by atoms with Crippen LogP contribution in [0.25, 0.3) is 0 Å². The van der Waals surface area contributed by atoms with Gasteiger partial charge in [0.15, 0.2) is 0 Å². The minimum Gasteiger partial charge on any atom is -0.377 e. The zero-order valence-electron chi connectivity index (χ0n) is 14.2. The monoisotopic (exact) mass is 395 g/mol. The van der Waals surface area contributed by atoms with E-state index in [0.717, 1.165) is 49.5 Å². The number of carbonyl (C=O) groups excluding carboxylic acids is 1. The summed E-state index contributed by atoms with van der Waals surface area (Å²) in [6, 6.07) is 7.58. The second-order valence-corrected chi connectivity index (χ2v) is 7.56. The molecule has 1 amide bonds. The number of carbonyl (C=O) groups is 1. The summed E-state index contributed by atoms with van der Waals surface area (Å²) in [4.78, 5) is 17.2. The van der Waals surface area contributed by atoms with Crippen LogP contribution < -0.4 is 5.32 Å². The lowest BCUT2D eigenvalue weighted by molar-refractivity contribution is -0.121. The predicted octanol–water partition coefficient (Wildman–Crippen LogP) is 2.57. The van der Waals surface area contributed by atoms with Crippen LogP contribution in [0.2, 0.25) is 0 Å². The smallest absolute Gasteiger partial charge is 0.241 e. The van der Waals surface area contributed by atoms with Crippen LogP contribution in [0.4, 0.5) is 5.69 Å². The lowest BCUT2D eigenvalue weighted by Gasteiger charge is -2.38.